The van der Waals surface area contributed by atoms with E-state index in [0.717, 1.165) is 5.56 Å². The molecule has 0 aliphatic rings. The summed E-state index contributed by atoms with van der Waals surface area (Å²) in [4.78, 5) is 11.5. The summed E-state index contributed by atoms with van der Waals surface area (Å²) < 4.78 is 17.9. The lowest BCUT2D eigenvalue weighted by Gasteiger charge is -2.12. The van der Waals surface area contributed by atoms with E-state index in [1.807, 2.05) is 0 Å². The molecule has 3 N–H and O–H groups in total. The minimum atomic E-state index is -0.953. The SMILES string of the molecule is O=C(NCc1ccoc1)NCC(O)c1cccc(F)c1. The van der Waals surface area contributed by atoms with Gasteiger partial charge in [-0.25, -0.2) is 9.18 Å². The number of carbonyl (C=O) groups is 1. The highest BCUT2D eigenvalue weighted by Crippen LogP contribution is 2.12. The average Bonchev–Trinajstić information content (AvgIpc) is 2.95. The van der Waals surface area contributed by atoms with Crippen molar-refractivity contribution in [2.45, 2.75) is 12.6 Å². The highest BCUT2D eigenvalue weighted by Gasteiger charge is 2.10. The van der Waals surface area contributed by atoms with Crippen molar-refractivity contribution in [1.82, 2.24) is 10.6 Å². The average molecular weight is 278 g/mol. The Morgan fingerprint density at radius 2 is 2.20 bits per heavy atom. The van der Waals surface area contributed by atoms with Crippen LogP contribution in [0.4, 0.5) is 9.18 Å². The van der Waals surface area contributed by atoms with Gasteiger partial charge in [0, 0.05) is 18.7 Å². The second kappa shape index (κ2) is 6.72. The lowest BCUT2D eigenvalue weighted by Crippen LogP contribution is -2.37. The van der Waals surface area contributed by atoms with E-state index in [-0.39, 0.29) is 6.54 Å². The number of carbonyl (C=O) groups excluding carboxylic acids is 1. The van der Waals surface area contributed by atoms with Gasteiger partial charge in [-0.2, -0.15) is 0 Å². The number of nitrogens with one attached hydrogen (secondary N) is 2. The van der Waals surface area contributed by atoms with Crippen molar-refractivity contribution in [3.05, 3.63) is 59.8 Å². The summed E-state index contributed by atoms with van der Waals surface area (Å²) in [5.74, 6) is -0.425. The molecule has 0 aliphatic carbocycles. The number of rotatable bonds is 5. The molecule has 0 spiro atoms. The van der Waals surface area contributed by atoms with Gasteiger partial charge in [-0.05, 0) is 23.8 Å². The third-order valence-electron chi connectivity index (χ3n) is 2.72. The predicted molar refractivity (Wildman–Crippen MR) is 70.3 cm³/mol. The van der Waals surface area contributed by atoms with Crippen LogP contribution in [-0.4, -0.2) is 17.7 Å². The molecule has 1 aromatic heterocycles. The number of urea groups is 1. The van der Waals surface area contributed by atoms with Gasteiger partial charge in [0.15, 0.2) is 0 Å². The Morgan fingerprint density at radius 3 is 2.90 bits per heavy atom. The molecule has 0 aliphatic heterocycles. The largest absolute Gasteiger partial charge is 0.472 e. The van der Waals surface area contributed by atoms with Crippen LogP contribution in [0.25, 0.3) is 0 Å². The van der Waals surface area contributed by atoms with Crippen molar-refractivity contribution < 1.29 is 18.7 Å². The van der Waals surface area contributed by atoms with Crippen molar-refractivity contribution in [2.75, 3.05) is 6.54 Å². The Bertz CT molecular complexity index is 557. The Balaban J connectivity index is 1.75. The van der Waals surface area contributed by atoms with Gasteiger partial charge in [0.05, 0.1) is 18.6 Å². The van der Waals surface area contributed by atoms with Crippen molar-refractivity contribution >= 4 is 6.03 Å². The molecule has 1 aromatic carbocycles. The molecule has 0 bridgehead atoms. The molecule has 1 unspecified atom stereocenters. The number of aliphatic hydroxyl groups is 1. The van der Waals surface area contributed by atoms with Crippen LogP contribution in [0.5, 0.6) is 0 Å². The fourth-order valence-corrected chi connectivity index (χ4v) is 1.66. The van der Waals surface area contributed by atoms with Gasteiger partial charge >= 0.3 is 6.03 Å². The van der Waals surface area contributed by atoms with Crippen LogP contribution in [0.1, 0.15) is 17.2 Å². The van der Waals surface area contributed by atoms with Gasteiger partial charge < -0.3 is 20.2 Å². The van der Waals surface area contributed by atoms with E-state index in [4.69, 9.17) is 4.42 Å². The first kappa shape index (κ1) is 14.1. The zero-order valence-corrected chi connectivity index (χ0v) is 10.7. The van der Waals surface area contributed by atoms with Crippen LogP contribution >= 0.6 is 0 Å². The first-order valence-electron chi connectivity index (χ1n) is 6.11. The van der Waals surface area contributed by atoms with Gasteiger partial charge in [0.1, 0.15) is 5.82 Å². The van der Waals surface area contributed by atoms with Crippen LogP contribution in [0, 0.1) is 5.82 Å². The molecule has 2 amide bonds. The number of furan rings is 1. The third-order valence-corrected chi connectivity index (χ3v) is 2.72. The molecule has 0 saturated heterocycles. The Morgan fingerprint density at radius 1 is 1.35 bits per heavy atom. The molecule has 6 heteroatoms. The highest BCUT2D eigenvalue weighted by molar-refractivity contribution is 5.73. The fraction of sp³-hybridized carbons (Fsp3) is 0.214. The van der Waals surface area contributed by atoms with E-state index in [1.165, 1.54) is 30.7 Å². The second-order valence-electron chi connectivity index (χ2n) is 4.27. The lowest BCUT2D eigenvalue weighted by atomic mass is 10.1. The predicted octanol–water partition coefficient (Wildman–Crippen LogP) is 1.95. The number of halogens is 1. The van der Waals surface area contributed by atoms with E-state index < -0.39 is 18.0 Å². The molecule has 2 rings (SSSR count). The van der Waals surface area contributed by atoms with Gasteiger partial charge in [-0.3, -0.25) is 0 Å². The minimum Gasteiger partial charge on any atom is -0.472 e. The van der Waals surface area contributed by atoms with E-state index in [9.17, 15) is 14.3 Å². The Hall–Kier alpha value is -2.34. The van der Waals surface area contributed by atoms with E-state index >= 15 is 0 Å². The summed E-state index contributed by atoms with van der Waals surface area (Å²) in [7, 11) is 0. The topological polar surface area (TPSA) is 74.5 Å². The van der Waals surface area contributed by atoms with Crippen molar-refractivity contribution in [3.8, 4) is 0 Å². The molecule has 2 aromatic rings. The van der Waals surface area contributed by atoms with E-state index in [2.05, 4.69) is 10.6 Å². The molecule has 106 valence electrons. The first-order valence-corrected chi connectivity index (χ1v) is 6.11. The van der Waals surface area contributed by atoms with Crippen molar-refractivity contribution in [1.29, 1.82) is 0 Å². The maximum absolute atomic E-state index is 13.0. The minimum absolute atomic E-state index is 0.000668. The molecule has 1 heterocycles. The van der Waals surface area contributed by atoms with Gasteiger partial charge in [0.2, 0.25) is 0 Å². The zero-order chi connectivity index (χ0) is 14.4. The maximum atomic E-state index is 13.0. The molecule has 1 atom stereocenters. The normalized spacial score (nSPS) is 11.9. The standard InChI is InChI=1S/C14H15FN2O3/c15-12-3-1-2-11(6-12)13(18)8-17-14(19)16-7-10-4-5-20-9-10/h1-6,9,13,18H,7-8H2,(H2,16,17,19). The summed E-state index contributed by atoms with van der Waals surface area (Å²) in [6.45, 7) is 0.332. The number of hydrogen-bond acceptors (Lipinski definition) is 3. The quantitative estimate of drug-likeness (QED) is 0.782. The summed E-state index contributed by atoms with van der Waals surface area (Å²) in [6.07, 6.45) is 2.09. The van der Waals surface area contributed by atoms with Crippen LogP contribution in [0.3, 0.4) is 0 Å². The number of aliphatic hydroxyl groups excluding tert-OH is 1. The highest BCUT2D eigenvalue weighted by atomic mass is 19.1. The molecule has 0 fully saturated rings. The molecule has 0 radical (unpaired) electrons. The van der Waals surface area contributed by atoms with Gasteiger partial charge in [0.25, 0.3) is 0 Å². The Kier molecular flexibility index (Phi) is 4.73. The fourth-order valence-electron chi connectivity index (χ4n) is 1.66. The molecular formula is C14H15FN2O3. The van der Waals surface area contributed by atoms with E-state index in [1.54, 1.807) is 12.1 Å². The summed E-state index contributed by atoms with van der Waals surface area (Å²) in [6, 6.07) is 6.95. The number of benzene rings is 1. The third kappa shape index (κ3) is 4.10. The van der Waals surface area contributed by atoms with Crippen LogP contribution in [-0.2, 0) is 6.54 Å². The Labute approximate surface area is 115 Å². The summed E-state index contributed by atoms with van der Waals surface area (Å²) >= 11 is 0. The number of amides is 2. The first-order chi connectivity index (χ1) is 9.65. The van der Waals surface area contributed by atoms with Crippen LogP contribution in [0.2, 0.25) is 0 Å². The summed E-state index contributed by atoms with van der Waals surface area (Å²) in [5, 5.41) is 14.9. The van der Waals surface area contributed by atoms with Crippen LogP contribution < -0.4 is 10.6 Å². The summed E-state index contributed by atoms with van der Waals surface area (Å²) in [5.41, 5.74) is 1.26. The van der Waals surface area contributed by atoms with Crippen LogP contribution in [0.15, 0.2) is 47.3 Å². The zero-order valence-electron chi connectivity index (χ0n) is 10.7. The molecule has 0 saturated carbocycles. The molecule has 5 nitrogen and oxygen atoms in total. The molecular weight excluding hydrogens is 263 g/mol. The van der Waals surface area contributed by atoms with Gasteiger partial charge in [-0.1, -0.05) is 12.1 Å². The smallest absolute Gasteiger partial charge is 0.315 e. The monoisotopic (exact) mass is 278 g/mol. The molecule has 20 heavy (non-hydrogen) atoms. The van der Waals surface area contributed by atoms with Crippen molar-refractivity contribution in [2.24, 2.45) is 0 Å². The second-order valence-corrected chi connectivity index (χ2v) is 4.27. The lowest BCUT2D eigenvalue weighted by molar-refractivity contribution is 0.172. The van der Waals surface area contributed by atoms with E-state index in [0.29, 0.717) is 12.1 Å². The van der Waals surface area contributed by atoms with Gasteiger partial charge in [-0.15, -0.1) is 0 Å². The number of hydrogen-bond donors (Lipinski definition) is 3. The maximum Gasteiger partial charge on any atom is 0.315 e. The van der Waals surface area contributed by atoms with Crippen molar-refractivity contribution in [3.63, 3.8) is 0 Å².